The van der Waals surface area contributed by atoms with Gasteiger partial charge in [0.05, 0.1) is 23.9 Å². The minimum Gasteiger partial charge on any atom is -0.497 e. The van der Waals surface area contributed by atoms with Crippen molar-refractivity contribution in [3.8, 4) is 22.8 Å². The van der Waals surface area contributed by atoms with Gasteiger partial charge in [-0.1, -0.05) is 65.8 Å². The second-order valence-electron chi connectivity index (χ2n) is 7.31. The van der Waals surface area contributed by atoms with Crippen molar-refractivity contribution < 1.29 is 9.53 Å². The zero-order valence-corrected chi connectivity index (χ0v) is 19.8. The fourth-order valence-electron chi connectivity index (χ4n) is 3.38. The molecular weight excluding hydrogens is 456 g/mol. The molecule has 0 bridgehead atoms. The summed E-state index contributed by atoms with van der Waals surface area (Å²) in [6.07, 6.45) is 0. The van der Waals surface area contributed by atoms with E-state index in [4.69, 9.17) is 16.3 Å². The number of ether oxygens (including phenoxy) is 1. The molecule has 6 nitrogen and oxygen atoms in total. The van der Waals surface area contributed by atoms with Crippen LogP contribution < -0.4 is 10.1 Å². The monoisotopic (exact) mass is 478 g/mol. The SMILES string of the molecule is COc1ccc(-n2c(SCC(=O)NC(C)c3ccccc3)nnc2-c2ccccc2Cl)cc1. The number of amides is 1. The first-order valence-electron chi connectivity index (χ1n) is 10.4. The van der Waals surface area contributed by atoms with Gasteiger partial charge in [-0.25, -0.2) is 0 Å². The van der Waals surface area contributed by atoms with Gasteiger partial charge < -0.3 is 10.1 Å². The Morgan fingerprint density at radius 1 is 1.03 bits per heavy atom. The Morgan fingerprint density at radius 3 is 2.42 bits per heavy atom. The van der Waals surface area contributed by atoms with Crippen molar-refractivity contribution in [3.63, 3.8) is 0 Å². The van der Waals surface area contributed by atoms with Crippen LogP contribution in [-0.4, -0.2) is 33.5 Å². The number of halogens is 1. The van der Waals surface area contributed by atoms with Crippen molar-refractivity contribution in [1.29, 1.82) is 0 Å². The maximum Gasteiger partial charge on any atom is 0.230 e. The summed E-state index contributed by atoms with van der Waals surface area (Å²) in [6.45, 7) is 1.97. The van der Waals surface area contributed by atoms with Gasteiger partial charge in [-0.15, -0.1) is 10.2 Å². The van der Waals surface area contributed by atoms with Gasteiger partial charge in [-0.2, -0.15) is 0 Å². The van der Waals surface area contributed by atoms with E-state index in [1.165, 1.54) is 11.8 Å². The Hall–Kier alpha value is -3.29. The van der Waals surface area contributed by atoms with Crippen molar-refractivity contribution in [2.45, 2.75) is 18.1 Å². The van der Waals surface area contributed by atoms with Crippen LogP contribution in [0.25, 0.3) is 17.1 Å². The number of benzene rings is 3. The highest BCUT2D eigenvalue weighted by Gasteiger charge is 2.19. The van der Waals surface area contributed by atoms with E-state index in [9.17, 15) is 4.79 Å². The van der Waals surface area contributed by atoms with Gasteiger partial charge in [0.2, 0.25) is 5.91 Å². The normalized spacial score (nSPS) is 11.7. The largest absolute Gasteiger partial charge is 0.497 e. The van der Waals surface area contributed by atoms with E-state index in [2.05, 4.69) is 15.5 Å². The summed E-state index contributed by atoms with van der Waals surface area (Å²) in [4.78, 5) is 12.6. The maximum absolute atomic E-state index is 12.6. The summed E-state index contributed by atoms with van der Waals surface area (Å²) in [5.74, 6) is 1.47. The number of hydrogen-bond acceptors (Lipinski definition) is 5. The lowest BCUT2D eigenvalue weighted by atomic mass is 10.1. The van der Waals surface area contributed by atoms with E-state index in [1.807, 2.05) is 90.4 Å². The third kappa shape index (κ3) is 5.38. The van der Waals surface area contributed by atoms with Crippen LogP contribution in [0.5, 0.6) is 5.75 Å². The predicted molar refractivity (Wildman–Crippen MR) is 132 cm³/mol. The lowest BCUT2D eigenvalue weighted by molar-refractivity contribution is -0.119. The molecule has 4 aromatic rings. The molecule has 1 unspecified atom stereocenters. The minimum atomic E-state index is -0.0857. The highest BCUT2D eigenvalue weighted by atomic mass is 35.5. The molecule has 0 saturated heterocycles. The van der Waals surface area contributed by atoms with E-state index >= 15 is 0 Å². The highest BCUT2D eigenvalue weighted by Crippen LogP contribution is 2.32. The van der Waals surface area contributed by atoms with Gasteiger partial charge >= 0.3 is 0 Å². The average molecular weight is 479 g/mol. The van der Waals surface area contributed by atoms with Gasteiger partial charge in [-0.3, -0.25) is 9.36 Å². The van der Waals surface area contributed by atoms with Crippen LogP contribution in [-0.2, 0) is 4.79 Å². The van der Waals surface area contributed by atoms with E-state index < -0.39 is 0 Å². The van der Waals surface area contributed by atoms with E-state index in [0.29, 0.717) is 16.0 Å². The number of rotatable bonds is 8. The average Bonchev–Trinajstić information content (AvgIpc) is 3.27. The molecule has 0 aliphatic rings. The molecule has 0 aliphatic carbocycles. The molecule has 1 aromatic heterocycles. The van der Waals surface area contributed by atoms with Gasteiger partial charge in [0.25, 0.3) is 0 Å². The molecule has 0 saturated carbocycles. The Balaban J connectivity index is 1.58. The topological polar surface area (TPSA) is 69.0 Å². The fourth-order valence-corrected chi connectivity index (χ4v) is 4.37. The first kappa shape index (κ1) is 22.9. The smallest absolute Gasteiger partial charge is 0.230 e. The molecule has 3 aromatic carbocycles. The summed E-state index contributed by atoms with van der Waals surface area (Å²) >= 11 is 7.77. The molecular formula is C25H23ClN4O2S. The minimum absolute atomic E-state index is 0.0834. The van der Waals surface area contributed by atoms with Gasteiger partial charge in [-0.05, 0) is 48.9 Å². The summed E-state index contributed by atoms with van der Waals surface area (Å²) in [5.41, 5.74) is 2.66. The van der Waals surface area contributed by atoms with Crippen LogP contribution in [0.3, 0.4) is 0 Å². The highest BCUT2D eigenvalue weighted by molar-refractivity contribution is 7.99. The van der Waals surface area contributed by atoms with Crippen molar-refractivity contribution in [3.05, 3.63) is 89.4 Å². The summed E-state index contributed by atoms with van der Waals surface area (Å²) in [7, 11) is 1.62. The Kier molecular flexibility index (Phi) is 7.32. The van der Waals surface area contributed by atoms with E-state index in [0.717, 1.165) is 22.6 Å². The first-order valence-corrected chi connectivity index (χ1v) is 11.7. The number of nitrogens with one attached hydrogen (secondary N) is 1. The lowest BCUT2D eigenvalue weighted by Crippen LogP contribution is -2.28. The number of methoxy groups -OCH3 is 1. The second kappa shape index (κ2) is 10.6. The Morgan fingerprint density at radius 2 is 1.73 bits per heavy atom. The quantitative estimate of drug-likeness (QED) is 0.335. The number of carbonyl (C=O) groups is 1. The summed E-state index contributed by atoms with van der Waals surface area (Å²) in [6, 6.07) is 24.8. The van der Waals surface area contributed by atoms with Crippen LogP contribution in [0.1, 0.15) is 18.5 Å². The lowest BCUT2D eigenvalue weighted by Gasteiger charge is -2.14. The van der Waals surface area contributed by atoms with Gasteiger partial charge in [0.1, 0.15) is 5.75 Å². The van der Waals surface area contributed by atoms with E-state index in [1.54, 1.807) is 7.11 Å². The van der Waals surface area contributed by atoms with Crippen LogP contribution in [0.15, 0.2) is 84.0 Å². The Bertz CT molecular complexity index is 1230. The van der Waals surface area contributed by atoms with Crippen LogP contribution >= 0.6 is 23.4 Å². The molecule has 4 rings (SSSR count). The van der Waals surface area contributed by atoms with Crippen molar-refractivity contribution in [2.24, 2.45) is 0 Å². The first-order chi connectivity index (χ1) is 16.1. The molecule has 0 spiro atoms. The fraction of sp³-hybridized carbons (Fsp3) is 0.160. The molecule has 0 fully saturated rings. The summed E-state index contributed by atoms with van der Waals surface area (Å²) in [5, 5.41) is 13.0. The van der Waals surface area contributed by atoms with Crippen molar-refractivity contribution in [2.75, 3.05) is 12.9 Å². The van der Waals surface area contributed by atoms with Crippen LogP contribution in [0, 0.1) is 0 Å². The van der Waals surface area contributed by atoms with Crippen LogP contribution in [0.2, 0.25) is 5.02 Å². The zero-order valence-electron chi connectivity index (χ0n) is 18.2. The number of aromatic nitrogens is 3. The van der Waals surface area contributed by atoms with Gasteiger partial charge in [0.15, 0.2) is 11.0 Å². The van der Waals surface area contributed by atoms with Crippen molar-refractivity contribution in [1.82, 2.24) is 20.1 Å². The molecule has 1 atom stereocenters. The predicted octanol–water partition coefficient (Wildman–Crippen LogP) is 5.57. The molecule has 0 radical (unpaired) electrons. The Labute approximate surface area is 202 Å². The third-order valence-corrected chi connectivity index (χ3v) is 6.35. The number of thioether (sulfide) groups is 1. The van der Waals surface area contributed by atoms with Crippen LogP contribution in [0.4, 0.5) is 0 Å². The third-order valence-electron chi connectivity index (χ3n) is 5.09. The molecule has 168 valence electrons. The second-order valence-corrected chi connectivity index (χ2v) is 8.66. The number of carbonyl (C=O) groups excluding carboxylic acids is 1. The molecule has 1 amide bonds. The maximum atomic E-state index is 12.6. The van der Waals surface area contributed by atoms with Crippen molar-refractivity contribution >= 4 is 29.3 Å². The standard InChI is InChI=1S/C25H23ClN4O2S/c1-17(18-8-4-3-5-9-18)27-23(31)16-33-25-29-28-24(21-10-6-7-11-22(21)26)30(25)19-12-14-20(32-2)15-13-19/h3-15,17H,16H2,1-2H3,(H,27,31). The molecule has 1 heterocycles. The molecule has 8 heteroatoms. The van der Waals surface area contributed by atoms with Gasteiger partial charge in [0, 0.05) is 11.3 Å². The zero-order chi connectivity index (χ0) is 23.2. The number of nitrogens with zero attached hydrogens (tertiary/aromatic N) is 3. The molecule has 0 aliphatic heterocycles. The van der Waals surface area contributed by atoms with E-state index in [-0.39, 0.29) is 17.7 Å². The molecule has 33 heavy (non-hydrogen) atoms. The molecule has 1 N–H and O–H groups in total. The summed E-state index contributed by atoms with van der Waals surface area (Å²) < 4.78 is 7.19. The number of hydrogen-bond donors (Lipinski definition) is 1.